The summed E-state index contributed by atoms with van der Waals surface area (Å²) in [6.45, 7) is -0.283. The van der Waals surface area contributed by atoms with E-state index in [-0.39, 0.29) is 12.7 Å². The zero-order valence-corrected chi connectivity index (χ0v) is 7.59. The van der Waals surface area contributed by atoms with E-state index in [2.05, 4.69) is 4.74 Å². The molecule has 1 saturated carbocycles. The van der Waals surface area contributed by atoms with Gasteiger partial charge in [-0.15, -0.1) is 0 Å². The monoisotopic (exact) mass is 194 g/mol. The van der Waals surface area contributed by atoms with Crippen molar-refractivity contribution in [3.8, 4) is 0 Å². The molecule has 0 aliphatic heterocycles. The molecule has 1 aliphatic carbocycles. The molecule has 78 valence electrons. The third-order valence-corrected chi connectivity index (χ3v) is 2.14. The standard InChI is InChI=1S/C9H16F2O2/c10-9(11)6-13-4-3-8(12)5-7-1-2-7/h7-9,12H,1-6H2. The molecule has 0 spiro atoms. The van der Waals surface area contributed by atoms with Gasteiger partial charge in [0.1, 0.15) is 6.61 Å². The van der Waals surface area contributed by atoms with E-state index in [0.717, 1.165) is 6.42 Å². The molecule has 0 aromatic rings. The first kappa shape index (κ1) is 10.9. The highest BCUT2D eigenvalue weighted by molar-refractivity contribution is 4.76. The minimum absolute atomic E-state index is 0.234. The van der Waals surface area contributed by atoms with Gasteiger partial charge in [-0.05, 0) is 18.8 Å². The fourth-order valence-corrected chi connectivity index (χ4v) is 1.25. The summed E-state index contributed by atoms with van der Waals surface area (Å²) in [6, 6.07) is 0. The Morgan fingerprint density at radius 2 is 2.08 bits per heavy atom. The first-order valence-corrected chi connectivity index (χ1v) is 4.72. The van der Waals surface area contributed by atoms with Gasteiger partial charge in [0.15, 0.2) is 0 Å². The Hall–Kier alpha value is -0.220. The van der Waals surface area contributed by atoms with E-state index in [1.807, 2.05) is 0 Å². The second kappa shape index (κ2) is 5.50. The second-order valence-electron chi connectivity index (χ2n) is 3.59. The molecule has 4 heteroatoms. The van der Waals surface area contributed by atoms with Crippen molar-refractivity contribution in [2.45, 2.75) is 38.2 Å². The first-order valence-electron chi connectivity index (χ1n) is 4.72. The SMILES string of the molecule is OC(CCOCC(F)F)CC1CC1. The molecule has 1 unspecified atom stereocenters. The number of aliphatic hydroxyl groups excluding tert-OH is 1. The van der Waals surface area contributed by atoms with Crippen LogP contribution in [0.5, 0.6) is 0 Å². The predicted octanol–water partition coefficient (Wildman–Crippen LogP) is 1.82. The molecular formula is C9H16F2O2. The molecule has 0 aromatic heterocycles. The van der Waals surface area contributed by atoms with Crippen LogP contribution in [0.4, 0.5) is 8.78 Å². The maximum Gasteiger partial charge on any atom is 0.261 e. The van der Waals surface area contributed by atoms with Gasteiger partial charge in [-0.25, -0.2) is 8.78 Å². The summed E-state index contributed by atoms with van der Waals surface area (Å²) in [4.78, 5) is 0. The van der Waals surface area contributed by atoms with Crippen molar-refractivity contribution in [3.63, 3.8) is 0 Å². The molecule has 0 amide bonds. The Kier molecular flexibility index (Phi) is 4.59. The fraction of sp³-hybridized carbons (Fsp3) is 1.00. The smallest absolute Gasteiger partial charge is 0.261 e. The van der Waals surface area contributed by atoms with E-state index in [1.165, 1.54) is 12.8 Å². The minimum atomic E-state index is -2.40. The van der Waals surface area contributed by atoms with Crippen molar-refractivity contribution in [3.05, 3.63) is 0 Å². The summed E-state index contributed by atoms with van der Waals surface area (Å²) in [6.07, 6.45) is 0.913. The average molecular weight is 194 g/mol. The molecule has 0 saturated heterocycles. The van der Waals surface area contributed by atoms with Gasteiger partial charge in [-0.1, -0.05) is 12.8 Å². The van der Waals surface area contributed by atoms with Crippen LogP contribution in [0.25, 0.3) is 0 Å². The van der Waals surface area contributed by atoms with Crippen LogP contribution in [0.15, 0.2) is 0 Å². The van der Waals surface area contributed by atoms with Gasteiger partial charge < -0.3 is 9.84 Å². The molecule has 0 bridgehead atoms. The minimum Gasteiger partial charge on any atom is -0.393 e. The van der Waals surface area contributed by atoms with Crippen LogP contribution in [0.1, 0.15) is 25.7 Å². The molecule has 1 N–H and O–H groups in total. The zero-order valence-electron chi connectivity index (χ0n) is 7.59. The largest absolute Gasteiger partial charge is 0.393 e. The normalized spacial score (nSPS) is 19.4. The van der Waals surface area contributed by atoms with Crippen molar-refractivity contribution >= 4 is 0 Å². The van der Waals surface area contributed by atoms with Crippen LogP contribution in [0.2, 0.25) is 0 Å². The Morgan fingerprint density at radius 3 is 2.62 bits per heavy atom. The molecule has 1 rings (SSSR count). The second-order valence-corrected chi connectivity index (χ2v) is 3.59. The molecular weight excluding hydrogens is 178 g/mol. The topological polar surface area (TPSA) is 29.5 Å². The quantitative estimate of drug-likeness (QED) is 0.626. The third kappa shape index (κ3) is 5.93. The molecule has 1 atom stereocenters. The van der Waals surface area contributed by atoms with Gasteiger partial charge >= 0.3 is 0 Å². The van der Waals surface area contributed by atoms with Crippen LogP contribution in [-0.4, -0.2) is 30.8 Å². The summed E-state index contributed by atoms with van der Waals surface area (Å²) >= 11 is 0. The molecule has 0 aromatic carbocycles. The van der Waals surface area contributed by atoms with E-state index in [1.54, 1.807) is 0 Å². The maximum absolute atomic E-state index is 11.6. The number of aliphatic hydroxyl groups is 1. The van der Waals surface area contributed by atoms with E-state index in [4.69, 9.17) is 0 Å². The lowest BCUT2D eigenvalue weighted by molar-refractivity contribution is 0.00369. The van der Waals surface area contributed by atoms with Gasteiger partial charge in [-0.3, -0.25) is 0 Å². The third-order valence-electron chi connectivity index (χ3n) is 2.14. The number of alkyl halides is 2. The summed E-state index contributed by atoms with van der Waals surface area (Å²) in [5.41, 5.74) is 0. The van der Waals surface area contributed by atoms with Gasteiger partial charge in [0.05, 0.1) is 6.10 Å². The lowest BCUT2D eigenvalue weighted by atomic mass is 10.1. The first-order chi connectivity index (χ1) is 6.18. The summed E-state index contributed by atoms with van der Waals surface area (Å²) < 4.78 is 27.8. The molecule has 0 heterocycles. The number of hydrogen-bond acceptors (Lipinski definition) is 2. The maximum atomic E-state index is 11.6. The van der Waals surface area contributed by atoms with Gasteiger partial charge in [0.25, 0.3) is 6.43 Å². The predicted molar refractivity (Wildman–Crippen MR) is 44.8 cm³/mol. The fourth-order valence-electron chi connectivity index (χ4n) is 1.25. The highest BCUT2D eigenvalue weighted by atomic mass is 19.3. The van der Waals surface area contributed by atoms with Crippen molar-refractivity contribution in [1.82, 2.24) is 0 Å². The van der Waals surface area contributed by atoms with Crippen LogP contribution < -0.4 is 0 Å². The Labute approximate surface area is 76.9 Å². The molecule has 0 radical (unpaired) electrons. The van der Waals surface area contributed by atoms with Gasteiger partial charge in [0.2, 0.25) is 0 Å². The Balaban J connectivity index is 1.85. The summed E-state index contributed by atoms with van der Waals surface area (Å²) in [5, 5.41) is 9.36. The number of hydrogen-bond donors (Lipinski definition) is 1. The highest BCUT2D eigenvalue weighted by Gasteiger charge is 2.24. The summed E-state index contributed by atoms with van der Waals surface area (Å²) in [7, 11) is 0. The van der Waals surface area contributed by atoms with E-state index >= 15 is 0 Å². The average Bonchev–Trinajstić information content (AvgIpc) is 2.81. The van der Waals surface area contributed by atoms with Gasteiger partial charge in [0, 0.05) is 6.61 Å². The van der Waals surface area contributed by atoms with Crippen molar-refractivity contribution in [2.75, 3.05) is 13.2 Å². The Bertz CT molecular complexity index is 138. The number of halogens is 2. The summed E-state index contributed by atoms with van der Waals surface area (Å²) in [5.74, 6) is 0.671. The zero-order chi connectivity index (χ0) is 9.68. The number of ether oxygens (including phenoxy) is 1. The molecule has 2 nitrogen and oxygen atoms in total. The van der Waals surface area contributed by atoms with E-state index < -0.39 is 13.0 Å². The van der Waals surface area contributed by atoms with Crippen molar-refractivity contribution < 1.29 is 18.6 Å². The Morgan fingerprint density at radius 1 is 1.38 bits per heavy atom. The number of rotatable bonds is 7. The lowest BCUT2D eigenvalue weighted by Gasteiger charge is -2.09. The van der Waals surface area contributed by atoms with E-state index in [0.29, 0.717) is 12.3 Å². The van der Waals surface area contributed by atoms with Crippen LogP contribution in [0, 0.1) is 5.92 Å². The molecule has 1 aliphatic rings. The van der Waals surface area contributed by atoms with Gasteiger partial charge in [-0.2, -0.15) is 0 Å². The molecule has 1 fully saturated rings. The van der Waals surface area contributed by atoms with Crippen molar-refractivity contribution in [2.24, 2.45) is 5.92 Å². The van der Waals surface area contributed by atoms with E-state index in [9.17, 15) is 13.9 Å². The molecule has 13 heavy (non-hydrogen) atoms. The van der Waals surface area contributed by atoms with Crippen LogP contribution >= 0.6 is 0 Å². The van der Waals surface area contributed by atoms with Crippen molar-refractivity contribution in [1.29, 1.82) is 0 Å². The highest BCUT2D eigenvalue weighted by Crippen LogP contribution is 2.33. The van der Waals surface area contributed by atoms with Crippen LogP contribution in [0.3, 0.4) is 0 Å². The van der Waals surface area contributed by atoms with Crippen LogP contribution in [-0.2, 0) is 4.74 Å². The lowest BCUT2D eigenvalue weighted by Crippen LogP contribution is -2.13.